The summed E-state index contributed by atoms with van der Waals surface area (Å²) in [5.41, 5.74) is 6.84. The number of hydrogen-bond donors (Lipinski definition) is 2. The smallest absolute Gasteiger partial charge is 0.336 e. The molecule has 0 saturated carbocycles. The topological polar surface area (TPSA) is 79.1 Å². The number of carbonyl (C=O) groups is 1. The monoisotopic (exact) mass is 543 g/mol. The van der Waals surface area contributed by atoms with Crippen LogP contribution in [0, 0.1) is 6.92 Å². The number of oxime groups is 1. The van der Waals surface area contributed by atoms with Crippen molar-refractivity contribution < 1.29 is 19.8 Å². The quantitative estimate of drug-likeness (QED) is 0.122. The van der Waals surface area contributed by atoms with Gasteiger partial charge in [-0.05, 0) is 58.5 Å². The van der Waals surface area contributed by atoms with Gasteiger partial charge in [-0.15, -0.1) is 0 Å². The fourth-order valence-corrected chi connectivity index (χ4v) is 5.06. The number of fused-ring (bicyclic) bond motifs is 1. The van der Waals surface area contributed by atoms with E-state index < -0.39 is 5.97 Å². The third kappa shape index (κ3) is 5.85. The third-order valence-electron chi connectivity index (χ3n) is 7.24. The maximum absolute atomic E-state index is 11.7. The molecule has 0 amide bonds. The Morgan fingerprint density at radius 2 is 1.56 bits per heavy atom. The Labute approximate surface area is 240 Å². The van der Waals surface area contributed by atoms with Gasteiger partial charge in [-0.1, -0.05) is 110 Å². The maximum atomic E-state index is 11.7. The number of nitrogens with zero attached hydrogens (tertiary/aromatic N) is 1. The molecular formula is C36H33NO4. The van der Waals surface area contributed by atoms with Gasteiger partial charge >= 0.3 is 5.97 Å². The zero-order valence-corrected chi connectivity index (χ0v) is 23.7. The first-order valence-corrected chi connectivity index (χ1v) is 13.6. The second-order valence-electron chi connectivity index (χ2n) is 11.3. The Balaban J connectivity index is 1.69. The van der Waals surface area contributed by atoms with E-state index in [1.807, 2.05) is 54.6 Å². The van der Waals surface area contributed by atoms with Crippen LogP contribution in [0.4, 0.5) is 0 Å². The van der Waals surface area contributed by atoms with Gasteiger partial charge in [0.25, 0.3) is 0 Å². The van der Waals surface area contributed by atoms with Gasteiger partial charge < -0.3 is 15.1 Å². The third-order valence-corrected chi connectivity index (χ3v) is 7.24. The Morgan fingerprint density at radius 1 is 0.829 bits per heavy atom. The Bertz CT molecular complexity index is 1750. The SMILES string of the molecule is Cc1ccc(-c2cc(/C(=N/O)c3ccc4c(C(=O)O)cccc4c3)cc(C(C)(C)C)c2OCc2ccccc2)cc1. The molecule has 206 valence electrons. The molecule has 0 aliphatic heterocycles. The van der Waals surface area contributed by atoms with Crippen LogP contribution in [0.25, 0.3) is 21.9 Å². The highest BCUT2D eigenvalue weighted by atomic mass is 16.5. The van der Waals surface area contributed by atoms with Gasteiger partial charge in [0.2, 0.25) is 0 Å². The minimum absolute atomic E-state index is 0.230. The molecule has 2 N–H and O–H groups in total. The molecule has 0 bridgehead atoms. The van der Waals surface area contributed by atoms with Crippen LogP contribution >= 0.6 is 0 Å². The lowest BCUT2D eigenvalue weighted by Gasteiger charge is -2.27. The Hall–Kier alpha value is -4.90. The summed E-state index contributed by atoms with van der Waals surface area (Å²) >= 11 is 0. The minimum atomic E-state index is -0.983. The van der Waals surface area contributed by atoms with E-state index in [-0.39, 0.29) is 11.0 Å². The molecule has 5 aromatic rings. The van der Waals surface area contributed by atoms with E-state index in [1.165, 1.54) is 0 Å². The average Bonchev–Trinajstić information content (AvgIpc) is 2.96. The highest BCUT2D eigenvalue weighted by Gasteiger charge is 2.26. The first-order chi connectivity index (χ1) is 19.7. The molecule has 0 radical (unpaired) electrons. The molecule has 0 atom stereocenters. The van der Waals surface area contributed by atoms with E-state index in [0.717, 1.165) is 44.5 Å². The normalized spacial score (nSPS) is 12.0. The lowest BCUT2D eigenvalue weighted by molar-refractivity contribution is 0.0699. The summed E-state index contributed by atoms with van der Waals surface area (Å²) in [5, 5.41) is 25.1. The highest BCUT2D eigenvalue weighted by molar-refractivity contribution is 6.15. The van der Waals surface area contributed by atoms with E-state index in [1.54, 1.807) is 24.3 Å². The van der Waals surface area contributed by atoms with Crippen LogP contribution in [-0.4, -0.2) is 22.0 Å². The Morgan fingerprint density at radius 3 is 2.22 bits per heavy atom. The van der Waals surface area contributed by atoms with Crippen molar-refractivity contribution in [1.82, 2.24) is 0 Å². The van der Waals surface area contributed by atoms with Crippen molar-refractivity contribution in [2.75, 3.05) is 0 Å². The summed E-state index contributed by atoms with van der Waals surface area (Å²) in [6, 6.07) is 33.0. The zero-order chi connectivity index (χ0) is 29.1. The Kier molecular flexibility index (Phi) is 7.62. The molecule has 0 spiro atoms. The van der Waals surface area contributed by atoms with Crippen LogP contribution in [0.1, 0.15) is 58.9 Å². The van der Waals surface area contributed by atoms with E-state index in [4.69, 9.17) is 4.74 Å². The number of carboxylic acid groups (broad SMARTS) is 1. The van der Waals surface area contributed by atoms with Crippen molar-refractivity contribution in [2.24, 2.45) is 5.16 Å². The summed E-state index contributed by atoms with van der Waals surface area (Å²) in [6.07, 6.45) is 0. The molecule has 5 nitrogen and oxygen atoms in total. The summed E-state index contributed by atoms with van der Waals surface area (Å²) in [7, 11) is 0. The van der Waals surface area contributed by atoms with Gasteiger partial charge in [-0.3, -0.25) is 0 Å². The van der Waals surface area contributed by atoms with Crippen LogP contribution in [0.5, 0.6) is 5.75 Å². The maximum Gasteiger partial charge on any atom is 0.336 e. The van der Waals surface area contributed by atoms with Crippen molar-refractivity contribution in [3.8, 4) is 16.9 Å². The van der Waals surface area contributed by atoms with Gasteiger partial charge in [-0.25, -0.2) is 4.79 Å². The summed E-state index contributed by atoms with van der Waals surface area (Å²) in [5.74, 6) is -0.195. The standard InChI is InChI=1S/C36H33NO4/c1-23-13-15-25(16-14-23)31-20-28(21-32(36(2,3)4)34(31)41-22-24-9-6-5-7-10-24)33(37-40)27-17-18-29-26(19-27)11-8-12-30(29)35(38)39/h5-21,40H,22H2,1-4H3,(H,38,39)/b37-33+. The lowest BCUT2D eigenvalue weighted by atomic mass is 9.81. The van der Waals surface area contributed by atoms with Gasteiger partial charge in [0, 0.05) is 22.3 Å². The van der Waals surface area contributed by atoms with E-state index in [2.05, 4.69) is 57.1 Å². The lowest BCUT2D eigenvalue weighted by Crippen LogP contribution is -2.16. The number of aryl methyl sites for hydroxylation is 1. The summed E-state index contributed by atoms with van der Waals surface area (Å²) in [6.45, 7) is 8.89. The number of ether oxygens (including phenoxy) is 1. The predicted octanol–water partition coefficient (Wildman–Crippen LogP) is 8.62. The fourth-order valence-electron chi connectivity index (χ4n) is 5.06. The zero-order valence-electron chi connectivity index (χ0n) is 23.7. The van der Waals surface area contributed by atoms with Gasteiger partial charge in [0.1, 0.15) is 18.1 Å². The van der Waals surface area contributed by atoms with Gasteiger partial charge in [0.15, 0.2) is 0 Å². The molecule has 0 aliphatic carbocycles. The molecule has 0 fully saturated rings. The number of hydrogen-bond acceptors (Lipinski definition) is 4. The van der Waals surface area contributed by atoms with E-state index >= 15 is 0 Å². The van der Waals surface area contributed by atoms with E-state index in [0.29, 0.717) is 23.3 Å². The molecule has 0 aromatic heterocycles. The molecule has 5 aromatic carbocycles. The number of rotatable bonds is 7. The molecule has 5 heteroatoms. The minimum Gasteiger partial charge on any atom is -0.488 e. The summed E-state index contributed by atoms with van der Waals surface area (Å²) in [4.78, 5) is 11.7. The number of benzene rings is 5. The van der Waals surface area contributed by atoms with Crippen LogP contribution in [0.3, 0.4) is 0 Å². The van der Waals surface area contributed by atoms with Crippen molar-refractivity contribution in [3.05, 3.63) is 137 Å². The predicted molar refractivity (Wildman–Crippen MR) is 164 cm³/mol. The molecule has 0 saturated heterocycles. The van der Waals surface area contributed by atoms with E-state index in [9.17, 15) is 15.1 Å². The number of carboxylic acids is 1. The fraction of sp³-hybridized carbons (Fsp3) is 0.167. The van der Waals surface area contributed by atoms with Crippen molar-refractivity contribution in [1.29, 1.82) is 0 Å². The molecule has 0 heterocycles. The number of aromatic carboxylic acids is 1. The summed E-state index contributed by atoms with van der Waals surface area (Å²) < 4.78 is 6.57. The molecule has 5 rings (SSSR count). The first kappa shape index (κ1) is 27.7. The largest absolute Gasteiger partial charge is 0.488 e. The molecular weight excluding hydrogens is 510 g/mol. The van der Waals surface area contributed by atoms with Crippen molar-refractivity contribution in [2.45, 2.75) is 39.7 Å². The molecule has 0 unspecified atom stereocenters. The van der Waals surface area contributed by atoms with Gasteiger partial charge in [0.05, 0.1) is 5.56 Å². The van der Waals surface area contributed by atoms with Crippen LogP contribution in [0.15, 0.2) is 108 Å². The van der Waals surface area contributed by atoms with Crippen LogP contribution < -0.4 is 4.74 Å². The highest BCUT2D eigenvalue weighted by Crippen LogP contribution is 2.42. The van der Waals surface area contributed by atoms with Crippen LogP contribution in [-0.2, 0) is 12.0 Å². The molecule has 0 aliphatic rings. The van der Waals surface area contributed by atoms with Crippen molar-refractivity contribution >= 4 is 22.5 Å². The average molecular weight is 544 g/mol. The van der Waals surface area contributed by atoms with Crippen LogP contribution in [0.2, 0.25) is 0 Å². The first-order valence-electron chi connectivity index (χ1n) is 13.6. The van der Waals surface area contributed by atoms with Crippen molar-refractivity contribution in [3.63, 3.8) is 0 Å². The second kappa shape index (κ2) is 11.3. The second-order valence-corrected chi connectivity index (χ2v) is 11.3. The molecule has 41 heavy (non-hydrogen) atoms. The van der Waals surface area contributed by atoms with Gasteiger partial charge in [-0.2, -0.15) is 0 Å².